The van der Waals surface area contributed by atoms with Gasteiger partial charge in [-0.3, -0.25) is 4.79 Å². The maximum absolute atomic E-state index is 12.8. The van der Waals surface area contributed by atoms with E-state index in [2.05, 4.69) is 0 Å². The van der Waals surface area contributed by atoms with Crippen LogP contribution in [0.3, 0.4) is 0 Å². The van der Waals surface area contributed by atoms with Crippen molar-refractivity contribution in [2.45, 2.75) is 6.18 Å². The molecule has 0 fully saturated rings. The molecular weight excluding hydrogens is 415 g/mol. The second-order valence-corrected chi connectivity index (χ2v) is 7.32. The number of halogens is 3. The number of anilines is 3. The number of carbonyl (C=O) groups is 1. The molecule has 0 bridgehead atoms. The number of hydrogen-bond donors (Lipinski definition) is 0. The second kappa shape index (κ2) is 7.57. The van der Waals surface area contributed by atoms with Crippen molar-refractivity contribution in [1.82, 2.24) is 0 Å². The van der Waals surface area contributed by atoms with E-state index in [1.165, 1.54) is 12.1 Å². The van der Waals surface area contributed by atoms with Crippen molar-refractivity contribution in [2.75, 3.05) is 4.90 Å². The van der Waals surface area contributed by atoms with Crippen molar-refractivity contribution in [3.05, 3.63) is 114 Å². The molecule has 0 amide bonds. The average molecular weight is 431 g/mol. The highest BCUT2D eigenvalue weighted by Crippen LogP contribution is 2.49. The third kappa shape index (κ3) is 3.50. The summed E-state index contributed by atoms with van der Waals surface area (Å²) >= 11 is 0. The lowest BCUT2D eigenvalue weighted by Crippen LogP contribution is -2.15. The fourth-order valence-electron chi connectivity index (χ4n) is 3.72. The summed E-state index contributed by atoms with van der Waals surface area (Å²) in [5.41, 5.74) is 2.38. The lowest BCUT2D eigenvalue weighted by Gasteiger charge is -2.32. The number of ketones is 1. The lowest BCUT2D eigenvalue weighted by molar-refractivity contribution is -0.137. The summed E-state index contributed by atoms with van der Waals surface area (Å²) in [6, 6.07) is 26.6. The Morgan fingerprint density at radius 3 is 1.62 bits per heavy atom. The van der Waals surface area contributed by atoms with E-state index >= 15 is 0 Å². The lowest BCUT2D eigenvalue weighted by atomic mass is 10.0. The van der Waals surface area contributed by atoms with Crippen LogP contribution >= 0.6 is 0 Å². The van der Waals surface area contributed by atoms with Crippen LogP contribution in [0.2, 0.25) is 0 Å². The highest BCUT2D eigenvalue weighted by atomic mass is 19.4. The van der Waals surface area contributed by atoms with E-state index in [0.717, 1.165) is 40.7 Å². The van der Waals surface area contributed by atoms with E-state index in [9.17, 15) is 18.0 Å². The Bertz CT molecular complexity index is 1250. The van der Waals surface area contributed by atoms with Gasteiger partial charge < -0.3 is 9.64 Å². The Morgan fingerprint density at radius 2 is 1.12 bits per heavy atom. The Balaban J connectivity index is 1.48. The van der Waals surface area contributed by atoms with Gasteiger partial charge in [0.2, 0.25) is 0 Å². The molecule has 32 heavy (non-hydrogen) atoms. The van der Waals surface area contributed by atoms with Gasteiger partial charge in [-0.2, -0.15) is 13.2 Å². The molecule has 0 radical (unpaired) electrons. The second-order valence-electron chi connectivity index (χ2n) is 7.32. The number of fused-ring (bicyclic) bond motifs is 2. The van der Waals surface area contributed by atoms with Crippen LogP contribution in [-0.4, -0.2) is 5.78 Å². The quantitative estimate of drug-likeness (QED) is 0.277. The molecule has 1 heterocycles. The zero-order valence-corrected chi connectivity index (χ0v) is 16.6. The molecule has 158 valence electrons. The number of hydrogen-bond acceptors (Lipinski definition) is 3. The molecule has 0 unspecified atom stereocenters. The summed E-state index contributed by atoms with van der Waals surface area (Å²) in [7, 11) is 0. The molecule has 1 aliphatic rings. The van der Waals surface area contributed by atoms with Crippen LogP contribution in [-0.2, 0) is 6.18 Å². The maximum atomic E-state index is 12.8. The third-order valence-corrected chi connectivity index (χ3v) is 5.29. The monoisotopic (exact) mass is 431 g/mol. The van der Waals surface area contributed by atoms with Crippen molar-refractivity contribution < 1.29 is 22.7 Å². The molecule has 6 heteroatoms. The number of para-hydroxylation sites is 4. The van der Waals surface area contributed by atoms with Gasteiger partial charge in [-0.25, -0.2) is 0 Å². The Kier molecular flexibility index (Phi) is 4.70. The normalized spacial score (nSPS) is 12.5. The summed E-state index contributed by atoms with van der Waals surface area (Å²) in [5, 5.41) is 0. The van der Waals surface area contributed by atoms with E-state index in [1.54, 1.807) is 12.1 Å². The van der Waals surface area contributed by atoms with Gasteiger partial charge in [0.25, 0.3) is 0 Å². The third-order valence-electron chi connectivity index (χ3n) is 5.29. The van der Waals surface area contributed by atoms with E-state index in [0.29, 0.717) is 5.56 Å². The van der Waals surface area contributed by atoms with Gasteiger partial charge in [0.1, 0.15) is 0 Å². The van der Waals surface area contributed by atoms with E-state index in [1.807, 2.05) is 65.6 Å². The first kappa shape index (κ1) is 19.9. The molecule has 5 rings (SSSR count). The number of rotatable bonds is 3. The summed E-state index contributed by atoms with van der Waals surface area (Å²) in [5.74, 6) is 1.10. The molecule has 3 nitrogen and oxygen atoms in total. The van der Waals surface area contributed by atoms with Crippen LogP contribution in [0.5, 0.6) is 11.5 Å². The van der Waals surface area contributed by atoms with Crippen LogP contribution in [0.1, 0.15) is 21.5 Å². The van der Waals surface area contributed by atoms with Crippen LogP contribution < -0.4 is 9.64 Å². The van der Waals surface area contributed by atoms with Crippen molar-refractivity contribution >= 4 is 22.8 Å². The highest BCUT2D eigenvalue weighted by molar-refractivity contribution is 6.09. The number of carbonyl (C=O) groups excluding carboxylic acids is 1. The van der Waals surface area contributed by atoms with Gasteiger partial charge in [0, 0.05) is 16.8 Å². The van der Waals surface area contributed by atoms with Gasteiger partial charge in [-0.15, -0.1) is 0 Å². The van der Waals surface area contributed by atoms with Gasteiger partial charge in [0.05, 0.1) is 16.9 Å². The SMILES string of the molecule is O=C(c1ccc(N2c3ccccc3Oc3ccccc32)cc1)c1ccc(C(F)(F)F)cc1. The maximum Gasteiger partial charge on any atom is 0.416 e. The van der Waals surface area contributed by atoms with E-state index < -0.39 is 11.7 Å². The zero-order valence-electron chi connectivity index (χ0n) is 16.6. The molecule has 0 saturated carbocycles. The van der Waals surface area contributed by atoms with Crippen LogP contribution in [0.15, 0.2) is 97.1 Å². The zero-order chi connectivity index (χ0) is 22.3. The number of benzene rings is 4. The minimum absolute atomic E-state index is 0.202. The molecule has 0 atom stereocenters. The van der Waals surface area contributed by atoms with E-state index in [4.69, 9.17) is 4.74 Å². The first-order valence-electron chi connectivity index (χ1n) is 9.90. The van der Waals surface area contributed by atoms with Crippen molar-refractivity contribution in [1.29, 1.82) is 0 Å². The fraction of sp³-hybridized carbons (Fsp3) is 0.0385. The number of alkyl halides is 3. The molecule has 4 aromatic rings. The first-order valence-corrected chi connectivity index (χ1v) is 9.90. The average Bonchev–Trinajstić information content (AvgIpc) is 2.82. The number of nitrogens with zero attached hydrogens (tertiary/aromatic N) is 1. The van der Waals surface area contributed by atoms with Crippen LogP contribution in [0.25, 0.3) is 0 Å². The topological polar surface area (TPSA) is 29.5 Å². The van der Waals surface area contributed by atoms with Crippen LogP contribution in [0, 0.1) is 0 Å². The predicted octanol–water partition coefficient (Wildman–Crippen LogP) is 7.51. The number of ether oxygens (including phenoxy) is 1. The van der Waals surface area contributed by atoms with E-state index in [-0.39, 0.29) is 11.3 Å². The summed E-state index contributed by atoms with van der Waals surface area (Å²) in [6.07, 6.45) is -4.44. The molecular formula is C26H16F3NO2. The molecule has 0 saturated heterocycles. The molecule has 0 spiro atoms. The fourth-order valence-corrected chi connectivity index (χ4v) is 3.72. The smallest absolute Gasteiger partial charge is 0.416 e. The summed E-state index contributed by atoms with van der Waals surface area (Å²) in [4.78, 5) is 14.8. The Hall–Kier alpha value is -4.06. The standard InChI is InChI=1S/C26H16F3NO2/c27-26(28,29)19-13-9-17(10-14-19)25(31)18-11-15-20(16-12-18)30-21-5-1-3-7-23(21)32-24-8-4-2-6-22(24)30/h1-16H. The van der Waals surface area contributed by atoms with Gasteiger partial charge >= 0.3 is 6.18 Å². The summed E-state index contributed by atoms with van der Waals surface area (Å²) in [6.45, 7) is 0. The van der Waals surface area contributed by atoms with Gasteiger partial charge in [0.15, 0.2) is 17.3 Å². The van der Waals surface area contributed by atoms with Crippen LogP contribution in [0.4, 0.5) is 30.2 Å². The predicted molar refractivity (Wildman–Crippen MR) is 116 cm³/mol. The molecule has 0 aromatic heterocycles. The van der Waals surface area contributed by atoms with Crippen molar-refractivity contribution in [3.8, 4) is 11.5 Å². The highest BCUT2D eigenvalue weighted by Gasteiger charge is 2.30. The molecule has 0 aliphatic carbocycles. The minimum atomic E-state index is -4.44. The van der Waals surface area contributed by atoms with Gasteiger partial charge in [-0.05, 0) is 60.7 Å². The molecule has 4 aromatic carbocycles. The van der Waals surface area contributed by atoms with Crippen molar-refractivity contribution in [3.63, 3.8) is 0 Å². The largest absolute Gasteiger partial charge is 0.453 e. The van der Waals surface area contributed by atoms with Gasteiger partial charge in [-0.1, -0.05) is 36.4 Å². The first-order chi connectivity index (χ1) is 15.4. The Morgan fingerprint density at radius 1 is 0.656 bits per heavy atom. The molecule has 1 aliphatic heterocycles. The molecule has 0 N–H and O–H groups in total. The van der Waals surface area contributed by atoms with Crippen molar-refractivity contribution in [2.24, 2.45) is 0 Å². The minimum Gasteiger partial charge on any atom is -0.453 e. The Labute approximate surface area is 182 Å². The summed E-state index contributed by atoms with van der Waals surface area (Å²) < 4.78 is 44.3.